The van der Waals surface area contributed by atoms with Crippen molar-refractivity contribution in [3.05, 3.63) is 12.0 Å². The highest BCUT2D eigenvalue weighted by molar-refractivity contribution is 5.92. The molecule has 0 aliphatic carbocycles. The van der Waals surface area contributed by atoms with Gasteiger partial charge in [0.15, 0.2) is 5.82 Å². The lowest BCUT2D eigenvalue weighted by atomic mass is 10.3. The first-order valence-corrected chi connectivity index (χ1v) is 4.67. The molecule has 1 rings (SSSR count). The first kappa shape index (κ1) is 11.2. The Morgan fingerprint density at radius 2 is 2.27 bits per heavy atom. The number of anilines is 1. The van der Waals surface area contributed by atoms with Crippen molar-refractivity contribution in [2.45, 2.75) is 19.8 Å². The number of carbonyl (C=O) groups excluding carboxylic acids is 2. The summed E-state index contributed by atoms with van der Waals surface area (Å²) in [5.74, 6) is -0.258. The van der Waals surface area contributed by atoms with Gasteiger partial charge >= 0.3 is 0 Å². The van der Waals surface area contributed by atoms with Crippen LogP contribution >= 0.6 is 0 Å². The van der Waals surface area contributed by atoms with E-state index >= 15 is 0 Å². The van der Waals surface area contributed by atoms with Crippen LogP contribution in [0.5, 0.6) is 0 Å². The van der Waals surface area contributed by atoms with Crippen molar-refractivity contribution in [3.8, 4) is 0 Å². The number of nitrogens with zero attached hydrogens (tertiary/aromatic N) is 2. The number of amides is 2. The van der Waals surface area contributed by atoms with E-state index in [0.717, 1.165) is 6.42 Å². The standard InChI is InChI=1S/C9H14N4O2/c1-3-4-7(14)11-6-5-13(2)9(12-6)8(10)15/h5H,3-4H2,1-2H3,(H2,10,15)(H,11,14). The zero-order valence-electron chi connectivity index (χ0n) is 8.78. The van der Waals surface area contributed by atoms with Crippen LogP contribution in [0.2, 0.25) is 0 Å². The molecule has 82 valence electrons. The van der Waals surface area contributed by atoms with Crippen LogP contribution in [0.1, 0.15) is 30.4 Å². The van der Waals surface area contributed by atoms with Crippen LogP contribution in [0.15, 0.2) is 6.20 Å². The third-order valence-corrected chi connectivity index (χ3v) is 1.84. The van der Waals surface area contributed by atoms with Crippen molar-refractivity contribution in [3.63, 3.8) is 0 Å². The molecule has 1 heterocycles. The maximum absolute atomic E-state index is 11.2. The summed E-state index contributed by atoms with van der Waals surface area (Å²) in [5, 5.41) is 2.58. The van der Waals surface area contributed by atoms with E-state index in [-0.39, 0.29) is 11.7 Å². The lowest BCUT2D eigenvalue weighted by molar-refractivity contribution is -0.116. The minimum Gasteiger partial charge on any atom is -0.363 e. The summed E-state index contributed by atoms with van der Waals surface area (Å²) in [6.45, 7) is 1.91. The number of nitrogens with two attached hydrogens (primary N) is 1. The van der Waals surface area contributed by atoms with E-state index in [1.165, 1.54) is 4.57 Å². The number of hydrogen-bond acceptors (Lipinski definition) is 3. The zero-order chi connectivity index (χ0) is 11.4. The zero-order valence-corrected chi connectivity index (χ0v) is 8.78. The highest BCUT2D eigenvalue weighted by Gasteiger charge is 2.11. The van der Waals surface area contributed by atoms with Gasteiger partial charge in [0.1, 0.15) is 0 Å². The molecule has 6 heteroatoms. The van der Waals surface area contributed by atoms with Crippen molar-refractivity contribution >= 4 is 17.6 Å². The third kappa shape index (κ3) is 2.80. The Morgan fingerprint density at radius 3 is 2.73 bits per heavy atom. The van der Waals surface area contributed by atoms with Crippen LogP contribution < -0.4 is 11.1 Å². The predicted octanol–water partition coefficient (Wildman–Crippen LogP) is 0.258. The number of primary amides is 1. The van der Waals surface area contributed by atoms with Gasteiger partial charge in [-0.25, -0.2) is 4.98 Å². The molecule has 0 spiro atoms. The van der Waals surface area contributed by atoms with Crippen LogP contribution in [-0.4, -0.2) is 21.4 Å². The van der Waals surface area contributed by atoms with E-state index in [9.17, 15) is 9.59 Å². The molecular weight excluding hydrogens is 196 g/mol. The molecule has 0 bridgehead atoms. The summed E-state index contributed by atoms with van der Waals surface area (Å²) in [6, 6.07) is 0. The molecule has 0 saturated heterocycles. The van der Waals surface area contributed by atoms with Crippen LogP contribution in [-0.2, 0) is 11.8 Å². The van der Waals surface area contributed by atoms with E-state index in [0.29, 0.717) is 12.2 Å². The monoisotopic (exact) mass is 210 g/mol. The van der Waals surface area contributed by atoms with E-state index in [2.05, 4.69) is 10.3 Å². The molecule has 0 radical (unpaired) electrons. The van der Waals surface area contributed by atoms with E-state index in [1.54, 1.807) is 13.2 Å². The first-order chi connectivity index (χ1) is 7.04. The number of carbonyl (C=O) groups is 2. The van der Waals surface area contributed by atoms with E-state index in [4.69, 9.17) is 5.73 Å². The van der Waals surface area contributed by atoms with Crippen molar-refractivity contribution in [2.24, 2.45) is 12.8 Å². The highest BCUT2D eigenvalue weighted by atomic mass is 16.2. The molecule has 2 amide bonds. The molecule has 0 aliphatic rings. The molecule has 1 aromatic rings. The maximum Gasteiger partial charge on any atom is 0.284 e. The predicted molar refractivity (Wildman–Crippen MR) is 55.3 cm³/mol. The van der Waals surface area contributed by atoms with Crippen molar-refractivity contribution in [1.29, 1.82) is 0 Å². The average molecular weight is 210 g/mol. The minimum atomic E-state index is -0.617. The fraction of sp³-hybridized carbons (Fsp3) is 0.444. The largest absolute Gasteiger partial charge is 0.363 e. The smallest absolute Gasteiger partial charge is 0.284 e. The lowest BCUT2D eigenvalue weighted by Crippen LogP contribution is -2.16. The van der Waals surface area contributed by atoms with E-state index in [1.807, 2.05) is 6.92 Å². The third-order valence-electron chi connectivity index (χ3n) is 1.84. The van der Waals surface area contributed by atoms with Crippen molar-refractivity contribution < 1.29 is 9.59 Å². The van der Waals surface area contributed by atoms with Gasteiger partial charge in [-0.3, -0.25) is 9.59 Å². The molecule has 1 aromatic heterocycles. The molecule has 0 unspecified atom stereocenters. The first-order valence-electron chi connectivity index (χ1n) is 4.67. The van der Waals surface area contributed by atoms with Gasteiger partial charge in [0.2, 0.25) is 11.7 Å². The van der Waals surface area contributed by atoms with Gasteiger partial charge in [0.25, 0.3) is 5.91 Å². The number of imidazole rings is 1. The lowest BCUT2D eigenvalue weighted by Gasteiger charge is -1.97. The Morgan fingerprint density at radius 1 is 1.60 bits per heavy atom. The number of hydrogen-bond donors (Lipinski definition) is 2. The Labute approximate surface area is 87.5 Å². The second kappa shape index (κ2) is 4.59. The normalized spacial score (nSPS) is 10.0. The molecule has 0 fully saturated rings. The van der Waals surface area contributed by atoms with Gasteiger partial charge < -0.3 is 15.6 Å². The van der Waals surface area contributed by atoms with Crippen LogP contribution in [0.3, 0.4) is 0 Å². The Balaban J connectivity index is 2.75. The topological polar surface area (TPSA) is 90.0 Å². The summed E-state index contributed by atoms with van der Waals surface area (Å²) in [5.41, 5.74) is 5.08. The molecule has 0 saturated carbocycles. The molecule has 3 N–H and O–H groups in total. The molecule has 0 aliphatic heterocycles. The van der Waals surface area contributed by atoms with Crippen LogP contribution in [0.25, 0.3) is 0 Å². The number of aryl methyl sites for hydroxylation is 1. The fourth-order valence-corrected chi connectivity index (χ4v) is 1.19. The van der Waals surface area contributed by atoms with Gasteiger partial charge in [0.05, 0.1) is 0 Å². The maximum atomic E-state index is 11.2. The SMILES string of the molecule is CCCC(=O)Nc1cn(C)c(C(N)=O)n1. The summed E-state index contributed by atoms with van der Waals surface area (Å²) in [7, 11) is 1.64. The van der Waals surface area contributed by atoms with Crippen LogP contribution in [0, 0.1) is 0 Å². The van der Waals surface area contributed by atoms with Gasteiger partial charge in [-0.05, 0) is 6.42 Å². The second-order valence-corrected chi connectivity index (χ2v) is 3.22. The molecule has 0 aromatic carbocycles. The molecular formula is C9H14N4O2. The second-order valence-electron chi connectivity index (χ2n) is 3.22. The summed E-state index contributed by atoms with van der Waals surface area (Å²) >= 11 is 0. The molecule has 0 atom stereocenters. The highest BCUT2D eigenvalue weighted by Crippen LogP contribution is 2.07. The van der Waals surface area contributed by atoms with Gasteiger partial charge in [0, 0.05) is 19.7 Å². The van der Waals surface area contributed by atoms with Crippen molar-refractivity contribution in [2.75, 3.05) is 5.32 Å². The average Bonchev–Trinajstić information content (AvgIpc) is 2.47. The summed E-state index contributed by atoms with van der Waals surface area (Å²) < 4.78 is 1.48. The van der Waals surface area contributed by atoms with Gasteiger partial charge in [-0.1, -0.05) is 6.92 Å². The number of aromatic nitrogens is 2. The number of nitrogens with one attached hydrogen (secondary N) is 1. The summed E-state index contributed by atoms with van der Waals surface area (Å²) in [4.78, 5) is 26.0. The Kier molecular flexibility index (Phi) is 3.43. The quantitative estimate of drug-likeness (QED) is 0.746. The van der Waals surface area contributed by atoms with Crippen molar-refractivity contribution in [1.82, 2.24) is 9.55 Å². The Hall–Kier alpha value is -1.85. The van der Waals surface area contributed by atoms with Gasteiger partial charge in [-0.2, -0.15) is 0 Å². The minimum absolute atomic E-state index is 0.119. The van der Waals surface area contributed by atoms with Crippen LogP contribution in [0.4, 0.5) is 5.82 Å². The summed E-state index contributed by atoms with van der Waals surface area (Å²) in [6.07, 6.45) is 2.75. The Bertz CT molecular complexity index is 383. The molecule has 15 heavy (non-hydrogen) atoms. The fourth-order valence-electron chi connectivity index (χ4n) is 1.19. The van der Waals surface area contributed by atoms with Gasteiger partial charge in [-0.15, -0.1) is 0 Å². The molecule has 6 nitrogen and oxygen atoms in total. The van der Waals surface area contributed by atoms with E-state index < -0.39 is 5.91 Å². The number of rotatable bonds is 4.